The molecule has 31 heavy (non-hydrogen) atoms. The van der Waals surface area contributed by atoms with Gasteiger partial charge in [0, 0.05) is 67.8 Å². The second-order valence-electron chi connectivity index (χ2n) is 8.29. The lowest BCUT2D eigenvalue weighted by atomic mass is 9.89. The number of likely N-dealkylation sites (tertiary alicyclic amines) is 1. The number of carbonyl (C=O) groups is 1. The van der Waals surface area contributed by atoms with Gasteiger partial charge in [-0.2, -0.15) is 0 Å². The minimum atomic E-state index is 0.472. The highest BCUT2D eigenvalue weighted by molar-refractivity contribution is 6.30. The van der Waals surface area contributed by atoms with Gasteiger partial charge in [0.25, 0.3) is 0 Å². The maximum atomic E-state index is 10.9. The summed E-state index contributed by atoms with van der Waals surface area (Å²) >= 11 is 6.02. The fourth-order valence-corrected chi connectivity index (χ4v) is 4.46. The maximum absolute atomic E-state index is 10.9. The van der Waals surface area contributed by atoms with Crippen molar-refractivity contribution in [1.29, 1.82) is 0 Å². The zero-order valence-corrected chi connectivity index (χ0v) is 18.8. The molecule has 1 aromatic carbocycles. The zero-order valence-electron chi connectivity index (χ0n) is 18.0. The van der Waals surface area contributed by atoms with Crippen LogP contribution in [0.4, 0.5) is 0 Å². The van der Waals surface area contributed by atoms with Crippen molar-refractivity contribution in [2.75, 3.05) is 46.3 Å². The highest BCUT2D eigenvalue weighted by Crippen LogP contribution is 2.35. The number of hydrogen-bond donors (Lipinski definition) is 1. The van der Waals surface area contributed by atoms with Gasteiger partial charge in [-0.05, 0) is 61.7 Å². The molecule has 2 aromatic heterocycles. The van der Waals surface area contributed by atoms with Crippen LogP contribution in [0.3, 0.4) is 0 Å². The van der Waals surface area contributed by atoms with Crippen LogP contribution in [-0.2, 0) is 4.79 Å². The number of amides is 1. The third kappa shape index (κ3) is 5.26. The topological polar surface area (TPSA) is 53.4 Å². The number of fused-ring (bicyclic) bond motifs is 1. The standard InChI is InChI=1S/C19H18ClN3O.C5H12N2/c20-15-1-3-16(4-2-15)23-12-18(17-5-8-21-11-19(17)23)14-6-9-22(13-24)10-7-14;1-7-4-2-6-3-5-7/h1-5,8,11-14H,6-7,9-10H2;6H,2-5H2,1H3. The van der Waals surface area contributed by atoms with Gasteiger partial charge in [-0.15, -0.1) is 0 Å². The lowest BCUT2D eigenvalue weighted by Gasteiger charge is -2.29. The predicted molar refractivity (Wildman–Crippen MR) is 126 cm³/mol. The van der Waals surface area contributed by atoms with E-state index in [9.17, 15) is 4.79 Å². The van der Waals surface area contributed by atoms with Crippen LogP contribution in [0.2, 0.25) is 5.02 Å². The van der Waals surface area contributed by atoms with E-state index in [0.29, 0.717) is 5.92 Å². The Morgan fingerprint density at radius 1 is 1.06 bits per heavy atom. The Labute approximate surface area is 188 Å². The number of nitrogens with zero attached hydrogens (tertiary/aromatic N) is 4. The fourth-order valence-electron chi connectivity index (χ4n) is 4.33. The monoisotopic (exact) mass is 439 g/mol. The lowest BCUT2D eigenvalue weighted by Crippen LogP contribution is -2.40. The number of likely N-dealkylation sites (N-methyl/N-ethyl adjacent to an activating group) is 1. The largest absolute Gasteiger partial charge is 0.345 e. The molecule has 0 spiro atoms. The molecule has 0 atom stereocenters. The second-order valence-corrected chi connectivity index (χ2v) is 8.73. The second kappa shape index (κ2) is 10.3. The summed E-state index contributed by atoms with van der Waals surface area (Å²) in [7, 11) is 2.15. The normalized spacial score (nSPS) is 17.9. The van der Waals surface area contributed by atoms with Gasteiger partial charge in [-0.25, -0.2) is 0 Å². The van der Waals surface area contributed by atoms with Gasteiger partial charge in [0.1, 0.15) is 0 Å². The molecule has 0 bridgehead atoms. The molecular weight excluding hydrogens is 410 g/mol. The third-order valence-corrected chi connectivity index (χ3v) is 6.45. The maximum Gasteiger partial charge on any atom is 0.209 e. The van der Waals surface area contributed by atoms with E-state index in [1.54, 1.807) is 0 Å². The van der Waals surface area contributed by atoms with E-state index in [1.165, 1.54) is 24.0 Å². The van der Waals surface area contributed by atoms with Crippen molar-refractivity contribution in [3.63, 3.8) is 0 Å². The summed E-state index contributed by atoms with van der Waals surface area (Å²) in [6.07, 6.45) is 8.93. The number of carbonyl (C=O) groups excluding carboxylic acids is 1. The van der Waals surface area contributed by atoms with Gasteiger partial charge < -0.3 is 19.7 Å². The molecule has 2 saturated heterocycles. The average molecular weight is 440 g/mol. The molecule has 2 fully saturated rings. The Bertz CT molecular complexity index is 989. The molecule has 5 rings (SSSR count). The number of hydrogen-bond acceptors (Lipinski definition) is 4. The predicted octanol–water partition coefficient (Wildman–Crippen LogP) is 3.54. The number of rotatable bonds is 3. The molecule has 4 heterocycles. The summed E-state index contributed by atoms with van der Waals surface area (Å²) in [4.78, 5) is 19.4. The van der Waals surface area contributed by atoms with Crippen LogP contribution in [0.5, 0.6) is 0 Å². The SMILES string of the molecule is CN1CCNCC1.O=CN1CCC(c2cn(-c3ccc(Cl)cc3)c3cnccc23)CC1. The number of aromatic nitrogens is 2. The van der Waals surface area contributed by atoms with Gasteiger partial charge in [0.05, 0.1) is 11.7 Å². The van der Waals surface area contributed by atoms with E-state index in [2.05, 4.69) is 39.1 Å². The number of nitrogens with one attached hydrogen (secondary N) is 1. The van der Waals surface area contributed by atoms with Crippen molar-refractivity contribution in [2.45, 2.75) is 18.8 Å². The molecule has 1 N–H and O–H groups in total. The Kier molecular flexibility index (Phi) is 7.22. The lowest BCUT2D eigenvalue weighted by molar-refractivity contribution is -0.119. The summed E-state index contributed by atoms with van der Waals surface area (Å²) in [5.74, 6) is 0.472. The minimum Gasteiger partial charge on any atom is -0.345 e. The molecular formula is C24H30ClN5O. The summed E-state index contributed by atoms with van der Waals surface area (Å²) < 4.78 is 2.18. The zero-order chi connectivity index (χ0) is 21.6. The van der Waals surface area contributed by atoms with Crippen molar-refractivity contribution in [3.05, 3.63) is 59.5 Å². The molecule has 164 valence electrons. The molecule has 2 aliphatic rings. The molecule has 0 radical (unpaired) electrons. The van der Waals surface area contributed by atoms with Crippen LogP contribution in [0.15, 0.2) is 48.9 Å². The van der Waals surface area contributed by atoms with Crippen LogP contribution in [0.1, 0.15) is 24.3 Å². The molecule has 0 saturated carbocycles. The number of halogens is 1. The first kappa shape index (κ1) is 21.8. The molecule has 0 unspecified atom stereocenters. The summed E-state index contributed by atoms with van der Waals surface area (Å²) in [6, 6.07) is 9.94. The van der Waals surface area contributed by atoms with E-state index >= 15 is 0 Å². The highest BCUT2D eigenvalue weighted by atomic mass is 35.5. The Balaban J connectivity index is 0.000000282. The number of benzene rings is 1. The van der Waals surface area contributed by atoms with E-state index < -0.39 is 0 Å². The first-order valence-corrected chi connectivity index (χ1v) is 11.3. The van der Waals surface area contributed by atoms with E-state index in [-0.39, 0.29) is 0 Å². The van der Waals surface area contributed by atoms with Crippen LogP contribution in [0.25, 0.3) is 16.6 Å². The van der Waals surface area contributed by atoms with Crippen molar-refractivity contribution in [3.8, 4) is 5.69 Å². The Morgan fingerprint density at radius 2 is 1.77 bits per heavy atom. The Hall–Kier alpha value is -2.41. The molecule has 3 aromatic rings. The molecule has 2 aliphatic heterocycles. The quantitative estimate of drug-likeness (QED) is 0.634. The molecule has 7 heteroatoms. The number of piperidine rings is 1. The van der Waals surface area contributed by atoms with Crippen LogP contribution in [0, 0.1) is 0 Å². The van der Waals surface area contributed by atoms with Crippen LogP contribution >= 0.6 is 11.6 Å². The summed E-state index contributed by atoms with van der Waals surface area (Å²) in [5.41, 5.74) is 3.52. The van der Waals surface area contributed by atoms with Gasteiger partial charge in [0.15, 0.2) is 0 Å². The van der Waals surface area contributed by atoms with Gasteiger partial charge in [-0.1, -0.05) is 11.6 Å². The van der Waals surface area contributed by atoms with Crippen LogP contribution in [-0.4, -0.2) is 72.1 Å². The molecule has 0 aliphatic carbocycles. The molecule has 1 amide bonds. The van der Waals surface area contributed by atoms with E-state index in [0.717, 1.165) is 61.7 Å². The highest BCUT2D eigenvalue weighted by Gasteiger charge is 2.23. The van der Waals surface area contributed by atoms with E-state index in [4.69, 9.17) is 11.6 Å². The molecule has 6 nitrogen and oxygen atoms in total. The minimum absolute atomic E-state index is 0.472. The smallest absolute Gasteiger partial charge is 0.209 e. The van der Waals surface area contributed by atoms with E-state index in [1.807, 2.05) is 41.6 Å². The first-order chi connectivity index (χ1) is 15.2. The van der Waals surface area contributed by atoms with Gasteiger partial charge in [0.2, 0.25) is 6.41 Å². The Morgan fingerprint density at radius 3 is 2.39 bits per heavy atom. The van der Waals surface area contributed by atoms with Crippen molar-refractivity contribution < 1.29 is 4.79 Å². The van der Waals surface area contributed by atoms with Crippen molar-refractivity contribution in [1.82, 2.24) is 24.7 Å². The summed E-state index contributed by atoms with van der Waals surface area (Å²) in [6.45, 7) is 6.40. The van der Waals surface area contributed by atoms with Crippen molar-refractivity contribution >= 4 is 28.9 Å². The average Bonchev–Trinajstić information content (AvgIpc) is 3.20. The first-order valence-electron chi connectivity index (χ1n) is 10.9. The van der Waals surface area contributed by atoms with Gasteiger partial charge in [-0.3, -0.25) is 9.78 Å². The third-order valence-electron chi connectivity index (χ3n) is 6.20. The number of pyridine rings is 1. The van der Waals surface area contributed by atoms with Crippen molar-refractivity contribution in [2.24, 2.45) is 0 Å². The van der Waals surface area contributed by atoms with Crippen LogP contribution < -0.4 is 5.32 Å². The van der Waals surface area contributed by atoms with Gasteiger partial charge >= 0.3 is 0 Å². The summed E-state index contributed by atoms with van der Waals surface area (Å²) in [5, 5.41) is 5.25. The fraction of sp³-hybridized carbons (Fsp3) is 0.417. The number of piperazine rings is 1.